The summed E-state index contributed by atoms with van der Waals surface area (Å²) in [7, 11) is 1.31. The molecule has 1 aromatic rings. The van der Waals surface area contributed by atoms with Crippen LogP contribution in [0, 0.1) is 0 Å². The van der Waals surface area contributed by atoms with Crippen molar-refractivity contribution in [1.82, 2.24) is 0 Å². The number of ether oxygens (including phenoxy) is 1. The van der Waals surface area contributed by atoms with E-state index >= 15 is 0 Å². The molecule has 0 aliphatic rings. The van der Waals surface area contributed by atoms with E-state index in [1.807, 2.05) is 0 Å². The standard InChI is InChI=1S/C8H6Cl2O3.Li/c1-13-7-5(10)3-2-4(9)6(7)8(11)12;/h2-3H,1H3,(H,11,12);/q;+1/p-1. The van der Waals surface area contributed by atoms with Gasteiger partial charge in [-0.15, -0.1) is 0 Å². The molecular formula is C8H5Cl2LiO3. The average Bonchev–Trinajstić information content (AvgIpc) is 2.07. The van der Waals surface area contributed by atoms with Crippen molar-refractivity contribution in [2.24, 2.45) is 0 Å². The largest absolute Gasteiger partial charge is 1.00 e. The van der Waals surface area contributed by atoms with Gasteiger partial charge in [-0.2, -0.15) is 0 Å². The average molecular weight is 227 g/mol. The van der Waals surface area contributed by atoms with Crippen LogP contribution in [0.5, 0.6) is 5.75 Å². The number of hydrogen-bond acceptors (Lipinski definition) is 3. The zero-order chi connectivity index (χ0) is 10.0. The van der Waals surface area contributed by atoms with Crippen molar-refractivity contribution in [2.45, 2.75) is 0 Å². The van der Waals surface area contributed by atoms with Crippen LogP contribution in [0.25, 0.3) is 0 Å². The van der Waals surface area contributed by atoms with Crippen molar-refractivity contribution >= 4 is 29.2 Å². The molecule has 14 heavy (non-hydrogen) atoms. The molecule has 6 heteroatoms. The molecule has 0 fully saturated rings. The van der Waals surface area contributed by atoms with Gasteiger partial charge in [-0.05, 0) is 12.1 Å². The second-order valence-electron chi connectivity index (χ2n) is 2.22. The summed E-state index contributed by atoms with van der Waals surface area (Å²) in [4.78, 5) is 10.6. The minimum atomic E-state index is -1.41. The number of aromatic carboxylic acids is 1. The number of carbonyl (C=O) groups excluding carboxylic acids is 1. The Morgan fingerprint density at radius 1 is 1.36 bits per heavy atom. The van der Waals surface area contributed by atoms with E-state index in [1.54, 1.807) is 0 Å². The molecule has 0 saturated heterocycles. The van der Waals surface area contributed by atoms with E-state index in [2.05, 4.69) is 0 Å². The third kappa shape index (κ3) is 2.58. The molecule has 0 heterocycles. The van der Waals surface area contributed by atoms with E-state index in [1.165, 1.54) is 19.2 Å². The van der Waals surface area contributed by atoms with Crippen LogP contribution >= 0.6 is 23.2 Å². The van der Waals surface area contributed by atoms with Gasteiger partial charge < -0.3 is 14.6 Å². The first-order valence-corrected chi connectivity index (χ1v) is 4.07. The minimum Gasteiger partial charge on any atom is -0.545 e. The Bertz CT molecular complexity index is 355. The fraction of sp³-hybridized carbons (Fsp3) is 0.125. The zero-order valence-electron chi connectivity index (χ0n) is 7.64. The topological polar surface area (TPSA) is 49.4 Å². The van der Waals surface area contributed by atoms with Gasteiger partial charge in [0.1, 0.15) is 5.75 Å². The maximum absolute atomic E-state index is 10.6. The molecule has 0 saturated carbocycles. The molecule has 0 aliphatic carbocycles. The van der Waals surface area contributed by atoms with Crippen LogP contribution in [-0.2, 0) is 0 Å². The van der Waals surface area contributed by atoms with Gasteiger partial charge in [-0.25, -0.2) is 0 Å². The molecule has 1 aromatic carbocycles. The Balaban J connectivity index is 0.00000169. The van der Waals surface area contributed by atoms with Crippen molar-refractivity contribution in [2.75, 3.05) is 7.11 Å². The van der Waals surface area contributed by atoms with Crippen LogP contribution in [0.15, 0.2) is 12.1 Å². The maximum atomic E-state index is 10.6. The van der Waals surface area contributed by atoms with Crippen LogP contribution in [0.2, 0.25) is 10.0 Å². The first-order valence-electron chi connectivity index (χ1n) is 3.31. The summed E-state index contributed by atoms with van der Waals surface area (Å²) in [6.07, 6.45) is 0. The smallest absolute Gasteiger partial charge is 0.545 e. The van der Waals surface area contributed by atoms with Gasteiger partial charge >= 0.3 is 18.9 Å². The molecule has 0 atom stereocenters. The molecule has 70 valence electrons. The second-order valence-corrected chi connectivity index (χ2v) is 3.04. The number of benzene rings is 1. The fourth-order valence-corrected chi connectivity index (χ4v) is 1.38. The number of methoxy groups -OCH3 is 1. The summed E-state index contributed by atoms with van der Waals surface area (Å²) in [6, 6.07) is 2.83. The van der Waals surface area contributed by atoms with Gasteiger partial charge in [0.15, 0.2) is 0 Å². The molecule has 0 bridgehead atoms. The van der Waals surface area contributed by atoms with Gasteiger partial charge in [0.2, 0.25) is 0 Å². The molecule has 0 amide bonds. The number of halogens is 2. The summed E-state index contributed by atoms with van der Waals surface area (Å²) in [5.41, 5.74) is -0.225. The SMILES string of the molecule is COc1c(Cl)ccc(Cl)c1C(=O)[O-].[Li+]. The first-order chi connectivity index (χ1) is 6.07. The molecule has 0 aliphatic heterocycles. The number of rotatable bonds is 2. The minimum absolute atomic E-state index is 0. The van der Waals surface area contributed by atoms with Gasteiger partial charge in [0, 0.05) is 0 Å². The number of carboxylic acids is 1. The second kappa shape index (κ2) is 5.52. The Morgan fingerprint density at radius 2 is 1.86 bits per heavy atom. The fourth-order valence-electron chi connectivity index (χ4n) is 0.923. The quantitative estimate of drug-likeness (QED) is 0.570. The monoisotopic (exact) mass is 226 g/mol. The van der Waals surface area contributed by atoms with E-state index in [0.29, 0.717) is 0 Å². The van der Waals surface area contributed by atoms with Gasteiger partial charge in [-0.1, -0.05) is 23.2 Å². The summed E-state index contributed by atoms with van der Waals surface area (Å²) >= 11 is 11.3. The molecular weight excluding hydrogens is 222 g/mol. The Hall–Kier alpha value is -0.333. The normalized spacial score (nSPS) is 9.07. The Morgan fingerprint density at radius 3 is 2.21 bits per heavy atom. The summed E-state index contributed by atoms with van der Waals surface area (Å²) in [6.45, 7) is 0. The Kier molecular flexibility index (Phi) is 5.39. The summed E-state index contributed by atoms with van der Waals surface area (Å²) < 4.78 is 4.78. The number of carboxylic acid groups (broad SMARTS) is 1. The molecule has 0 spiro atoms. The maximum Gasteiger partial charge on any atom is 1.00 e. The molecule has 0 unspecified atom stereocenters. The van der Waals surface area contributed by atoms with Crippen molar-refractivity contribution < 1.29 is 33.5 Å². The van der Waals surface area contributed by atoms with E-state index in [9.17, 15) is 9.90 Å². The van der Waals surface area contributed by atoms with Gasteiger partial charge in [0.05, 0.1) is 28.7 Å². The molecule has 0 aromatic heterocycles. The van der Waals surface area contributed by atoms with E-state index < -0.39 is 5.97 Å². The predicted molar refractivity (Wildman–Crippen MR) is 47.3 cm³/mol. The van der Waals surface area contributed by atoms with Crippen LogP contribution in [0.3, 0.4) is 0 Å². The van der Waals surface area contributed by atoms with Crippen LogP contribution in [0.4, 0.5) is 0 Å². The summed E-state index contributed by atoms with van der Waals surface area (Å²) in [5, 5.41) is 10.8. The van der Waals surface area contributed by atoms with E-state index in [4.69, 9.17) is 27.9 Å². The molecule has 0 N–H and O–H groups in total. The third-order valence-corrected chi connectivity index (χ3v) is 2.08. The van der Waals surface area contributed by atoms with E-state index in [0.717, 1.165) is 0 Å². The first kappa shape index (κ1) is 13.7. The number of hydrogen-bond donors (Lipinski definition) is 0. The van der Waals surface area contributed by atoms with Crippen molar-refractivity contribution in [3.8, 4) is 5.75 Å². The summed E-state index contributed by atoms with van der Waals surface area (Å²) in [5.74, 6) is -1.39. The molecule has 3 nitrogen and oxygen atoms in total. The predicted octanol–water partition coefficient (Wildman–Crippen LogP) is -1.63. The van der Waals surface area contributed by atoms with Crippen molar-refractivity contribution in [3.05, 3.63) is 27.7 Å². The third-order valence-electron chi connectivity index (χ3n) is 1.47. The molecule has 1 rings (SSSR count). The van der Waals surface area contributed by atoms with Gasteiger partial charge in [-0.3, -0.25) is 0 Å². The van der Waals surface area contributed by atoms with Crippen LogP contribution in [0.1, 0.15) is 10.4 Å². The van der Waals surface area contributed by atoms with Crippen molar-refractivity contribution in [3.63, 3.8) is 0 Å². The van der Waals surface area contributed by atoms with E-state index in [-0.39, 0.29) is 40.2 Å². The number of carbonyl (C=O) groups is 1. The Labute approximate surface area is 103 Å². The molecule has 0 radical (unpaired) electrons. The van der Waals surface area contributed by atoms with Gasteiger partial charge in [0.25, 0.3) is 0 Å². The van der Waals surface area contributed by atoms with Crippen LogP contribution in [-0.4, -0.2) is 13.1 Å². The van der Waals surface area contributed by atoms with Crippen molar-refractivity contribution in [1.29, 1.82) is 0 Å². The zero-order valence-corrected chi connectivity index (χ0v) is 9.15. The van der Waals surface area contributed by atoms with Crippen LogP contribution < -0.4 is 28.7 Å².